The topological polar surface area (TPSA) is 45.4 Å². The van der Waals surface area contributed by atoms with E-state index in [4.69, 9.17) is 5.73 Å². The van der Waals surface area contributed by atoms with Gasteiger partial charge in [0.05, 0.1) is 5.69 Å². The van der Waals surface area contributed by atoms with Crippen molar-refractivity contribution in [3.05, 3.63) is 22.3 Å². The van der Waals surface area contributed by atoms with Gasteiger partial charge in [0.15, 0.2) is 0 Å². The highest BCUT2D eigenvalue weighted by Gasteiger charge is 2.28. The van der Waals surface area contributed by atoms with Crippen molar-refractivity contribution in [3.8, 4) is 0 Å². The number of hydrogen-bond acceptors (Lipinski definition) is 4. The van der Waals surface area contributed by atoms with E-state index in [1.54, 1.807) is 0 Å². The number of pyridine rings is 1. The quantitative estimate of drug-likeness (QED) is 0.922. The van der Waals surface area contributed by atoms with Crippen LogP contribution in [0.4, 0.5) is 5.82 Å². The van der Waals surface area contributed by atoms with Gasteiger partial charge in [-0.15, -0.1) is 0 Å². The Hall–Kier alpha value is -0.650. The van der Waals surface area contributed by atoms with Crippen molar-refractivity contribution in [1.82, 2.24) is 9.88 Å². The average molecular weight is 327 g/mol. The molecule has 0 radical (unpaired) electrons. The first-order valence-electron chi connectivity index (χ1n) is 6.77. The smallest absolute Gasteiger partial charge is 0.128 e. The molecule has 0 unspecified atom stereocenters. The lowest BCUT2D eigenvalue weighted by atomic mass is 10.0. The lowest BCUT2D eigenvalue weighted by molar-refractivity contribution is 0.119. The second kappa shape index (κ2) is 5.77. The van der Waals surface area contributed by atoms with Crippen LogP contribution in [-0.4, -0.2) is 48.1 Å². The summed E-state index contributed by atoms with van der Waals surface area (Å²) < 4.78 is 1.07. The predicted molar refractivity (Wildman–Crippen MR) is 83.6 cm³/mol. The number of aromatic nitrogens is 1. The fourth-order valence-electron chi connectivity index (χ4n) is 2.38. The number of nitrogens with zero attached hydrogens (tertiary/aromatic N) is 3. The molecule has 2 rings (SSSR count). The zero-order valence-corrected chi connectivity index (χ0v) is 13.6. The number of anilines is 1. The van der Waals surface area contributed by atoms with Crippen molar-refractivity contribution in [2.24, 2.45) is 5.73 Å². The third kappa shape index (κ3) is 3.27. The average Bonchev–Trinajstić information content (AvgIpc) is 2.42. The van der Waals surface area contributed by atoms with E-state index < -0.39 is 0 Å². The molecule has 0 aromatic carbocycles. The molecule has 0 bridgehead atoms. The Labute approximate surface area is 124 Å². The zero-order valence-electron chi connectivity index (χ0n) is 12.0. The molecule has 4 nitrogen and oxygen atoms in total. The number of hydrogen-bond donors (Lipinski definition) is 1. The minimum absolute atomic E-state index is 0.0924. The fraction of sp³-hybridized carbons (Fsp3) is 0.643. The normalized spacial score (nSPS) is 17.8. The molecule has 0 spiro atoms. The Bertz CT molecular complexity index is 439. The van der Waals surface area contributed by atoms with Crippen LogP contribution in [0.5, 0.6) is 0 Å². The molecule has 0 atom stereocenters. The zero-order chi connectivity index (χ0) is 14.0. The van der Waals surface area contributed by atoms with Gasteiger partial charge in [0, 0.05) is 42.7 Å². The Morgan fingerprint density at radius 2 is 1.89 bits per heavy atom. The summed E-state index contributed by atoms with van der Waals surface area (Å²) in [5.74, 6) is 1.07. The van der Waals surface area contributed by atoms with Crippen molar-refractivity contribution in [2.45, 2.75) is 26.3 Å². The molecular formula is C14H23BrN4. The first-order chi connectivity index (χ1) is 8.94. The van der Waals surface area contributed by atoms with Gasteiger partial charge in [0.1, 0.15) is 5.82 Å². The Morgan fingerprint density at radius 3 is 2.42 bits per heavy atom. The number of aryl methyl sites for hydroxylation is 1. The highest BCUT2D eigenvalue weighted by atomic mass is 79.9. The van der Waals surface area contributed by atoms with E-state index >= 15 is 0 Å². The van der Waals surface area contributed by atoms with Crippen LogP contribution < -0.4 is 10.6 Å². The molecule has 2 heterocycles. The molecule has 1 aliphatic rings. The third-order valence-electron chi connectivity index (χ3n) is 3.97. The SMILES string of the molecule is Cc1nc(N2CCN(C(C)(C)CN)CC2)ccc1Br. The van der Waals surface area contributed by atoms with Crippen LogP contribution in [-0.2, 0) is 0 Å². The lowest BCUT2D eigenvalue weighted by Crippen LogP contribution is -2.57. The van der Waals surface area contributed by atoms with E-state index in [1.807, 2.05) is 6.92 Å². The van der Waals surface area contributed by atoms with Gasteiger partial charge in [-0.1, -0.05) is 0 Å². The standard InChI is InChI=1S/C14H23BrN4/c1-11-12(15)4-5-13(17-11)18-6-8-19(9-7-18)14(2,3)10-16/h4-5H,6-10,16H2,1-3H3. The second-order valence-electron chi connectivity index (χ2n) is 5.73. The van der Waals surface area contributed by atoms with Crippen molar-refractivity contribution >= 4 is 21.7 Å². The van der Waals surface area contributed by atoms with E-state index in [2.05, 4.69) is 56.7 Å². The molecule has 5 heteroatoms. The van der Waals surface area contributed by atoms with E-state index in [9.17, 15) is 0 Å². The van der Waals surface area contributed by atoms with Gasteiger partial charge in [-0.3, -0.25) is 4.90 Å². The third-order valence-corrected chi connectivity index (χ3v) is 4.80. The van der Waals surface area contributed by atoms with Gasteiger partial charge in [-0.25, -0.2) is 4.98 Å². The van der Waals surface area contributed by atoms with Gasteiger partial charge >= 0.3 is 0 Å². The predicted octanol–water partition coefficient (Wildman–Crippen LogP) is 2.01. The largest absolute Gasteiger partial charge is 0.354 e. The van der Waals surface area contributed by atoms with Crippen molar-refractivity contribution in [1.29, 1.82) is 0 Å². The van der Waals surface area contributed by atoms with Crippen LogP contribution in [0.2, 0.25) is 0 Å². The number of nitrogens with two attached hydrogens (primary N) is 1. The van der Waals surface area contributed by atoms with Crippen molar-refractivity contribution in [3.63, 3.8) is 0 Å². The van der Waals surface area contributed by atoms with Gasteiger partial charge in [-0.2, -0.15) is 0 Å². The maximum absolute atomic E-state index is 5.85. The van der Waals surface area contributed by atoms with Gasteiger partial charge in [0.25, 0.3) is 0 Å². The highest BCUT2D eigenvalue weighted by Crippen LogP contribution is 2.22. The van der Waals surface area contributed by atoms with Crippen LogP contribution in [0.3, 0.4) is 0 Å². The van der Waals surface area contributed by atoms with Crippen LogP contribution in [0.15, 0.2) is 16.6 Å². The van der Waals surface area contributed by atoms with E-state index in [0.29, 0.717) is 6.54 Å². The summed E-state index contributed by atoms with van der Waals surface area (Å²) in [6.07, 6.45) is 0. The second-order valence-corrected chi connectivity index (χ2v) is 6.58. The van der Waals surface area contributed by atoms with Gasteiger partial charge < -0.3 is 10.6 Å². The monoisotopic (exact) mass is 326 g/mol. The summed E-state index contributed by atoms with van der Waals surface area (Å²) in [6.45, 7) is 11.3. The van der Waals surface area contributed by atoms with Crippen LogP contribution >= 0.6 is 15.9 Å². The van der Waals surface area contributed by atoms with Crippen molar-refractivity contribution < 1.29 is 0 Å². The minimum atomic E-state index is 0.0924. The maximum Gasteiger partial charge on any atom is 0.128 e. The van der Waals surface area contributed by atoms with Crippen molar-refractivity contribution in [2.75, 3.05) is 37.6 Å². The van der Waals surface area contributed by atoms with Crippen LogP contribution in [0.1, 0.15) is 19.5 Å². The molecule has 1 saturated heterocycles. The summed E-state index contributed by atoms with van der Waals surface area (Å²) in [5.41, 5.74) is 6.98. The van der Waals surface area contributed by atoms with E-state index in [1.165, 1.54) is 0 Å². The molecule has 0 aliphatic carbocycles. The maximum atomic E-state index is 5.85. The summed E-state index contributed by atoms with van der Waals surface area (Å²) in [6, 6.07) is 4.16. The highest BCUT2D eigenvalue weighted by molar-refractivity contribution is 9.10. The fourth-order valence-corrected chi connectivity index (χ4v) is 2.60. The molecule has 2 N–H and O–H groups in total. The molecule has 1 fully saturated rings. The molecular weight excluding hydrogens is 304 g/mol. The molecule has 1 aromatic rings. The molecule has 0 saturated carbocycles. The molecule has 1 aromatic heterocycles. The summed E-state index contributed by atoms with van der Waals surface area (Å²) in [7, 11) is 0. The summed E-state index contributed by atoms with van der Waals surface area (Å²) in [5, 5.41) is 0. The van der Waals surface area contributed by atoms with E-state index in [0.717, 1.165) is 42.2 Å². The van der Waals surface area contributed by atoms with Gasteiger partial charge in [-0.05, 0) is 48.8 Å². The minimum Gasteiger partial charge on any atom is -0.354 e. The first kappa shape index (κ1) is 14.8. The Balaban J connectivity index is 2.02. The summed E-state index contributed by atoms with van der Waals surface area (Å²) >= 11 is 3.50. The Kier molecular flexibility index (Phi) is 4.48. The molecule has 0 amide bonds. The molecule has 1 aliphatic heterocycles. The number of rotatable bonds is 3. The number of halogens is 1. The molecule has 106 valence electrons. The first-order valence-corrected chi connectivity index (χ1v) is 7.56. The summed E-state index contributed by atoms with van der Waals surface area (Å²) in [4.78, 5) is 9.46. The van der Waals surface area contributed by atoms with E-state index in [-0.39, 0.29) is 5.54 Å². The molecule has 19 heavy (non-hydrogen) atoms. The number of piperazine rings is 1. The van der Waals surface area contributed by atoms with Crippen LogP contribution in [0.25, 0.3) is 0 Å². The van der Waals surface area contributed by atoms with Gasteiger partial charge in [0.2, 0.25) is 0 Å². The van der Waals surface area contributed by atoms with Crippen LogP contribution in [0, 0.1) is 6.92 Å². The lowest BCUT2D eigenvalue weighted by Gasteiger charge is -2.43. The Morgan fingerprint density at radius 1 is 1.26 bits per heavy atom.